The van der Waals surface area contributed by atoms with Gasteiger partial charge in [0.2, 0.25) is 15.6 Å². The maximum absolute atomic E-state index is 12.2. The second-order valence-electron chi connectivity index (χ2n) is 5.82. The summed E-state index contributed by atoms with van der Waals surface area (Å²) in [5, 5.41) is 2.77. The van der Waals surface area contributed by atoms with E-state index in [2.05, 4.69) is 10.3 Å². The maximum atomic E-state index is 12.2. The molecule has 1 amide bonds. The topological polar surface area (TPSA) is 99.3 Å². The number of H-pyrrole nitrogens is 1. The van der Waals surface area contributed by atoms with Crippen LogP contribution in [0.4, 0.5) is 11.4 Å². The van der Waals surface area contributed by atoms with Crippen LogP contribution < -0.4 is 15.2 Å². The van der Waals surface area contributed by atoms with Gasteiger partial charge in [0, 0.05) is 24.5 Å². The van der Waals surface area contributed by atoms with Crippen LogP contribution in [0.2, 0.25) is 0 Å². The van der Waals surface area contributed by atoms with Gasteiger partial charge in [-0.05, 0) is 49.6 Å². The third-order valence-corrected chi connectivity index (χ3v) is 5.94. The van der Waals surface area contributed by atoms with Gasteiger partial charge < -0.3 is 10.3 Å². The lowest BCUT2D eigenvalue weighted by Gasteiger charge is -2.30. The molecule has 0 bridgehead atoms. The fraction of sp³-hybridized carbons (Fsp3) is 0.294. The van der Waals surface area contributed by atoms with Gasteiger partial charge >= 0.3 is 0 Å². The number of sulfonamides is 1. The molecule has 0 spiro atoms. The van der Waals surface area contributed by atoms with Crippen LogP contribution in [0, 0.1) is 0 Å². The molecule has 3 rings (SSSR count). The molecule has 1 aromatic heterocycles. The molecule has 0 radical (unpaired) electrons. The van der Waals surface area contributed by atoms with Crippen molar-refractivity contribution in [3.05, 3.63) is 58.0 Å². The molecule has 25 heavy (non-hydrogen) atoms. The van der Waals surface area contributed by atoms with Gasteiger partial charge in [-0.3, -0.25) is 13.9 Å². The van der Waals surface area contributed by atoms with Crippen LogP contribution in [-0.4, -0.2) is 31.6 Å². The number of fused-ring (bicyclic) bond motifs is 1. The summed E-state index contributed by atoms with van der Waals surface area (Å²) in [6, 6.07) is 7.95. The van der Waals surface area contributed by atoms with E-state index in [0.29, 0.717) is 23.5 Å². The molecular weight excluding hydrogens is 342 g/mol. The Balaban J connectivity index is 1.85. The minimum atomic E-state index is -3.31. The first-order valence-corrected chi connectivity index (χ1v) is 9.65. The van der Waals surface area contributed by atoms with Gasteiger partial charge in [-0.2, -0.15) is 0 Å². The third-order valence-electron chi connectivity index (χ3n) is 4.16. The van der Waals surface area contributed by atoms with E-state index >= 15 is 0 Å². The molecule has 132 valence electrons. The first-order chi connectivity index (χ1) is 11.9. The van der Waals surface area contributed by atoms with Gasteiger partial charge in [0.05, 0.1) is 17.0 Å². The highest BCUT2D eigenvalue weighted by Crippen LogP contribution is 2.31. The molecule has 8 heteroatoms. The highest BCUT2D eigenvalue weighted by atomic mass is 32.2. The van der Waals surface area contributed by atoms with E-state index < -0.39 is 10.0 Å². The number of aromatic nitrogens is 1. The first-order valence-electron chi connectivity index (χ1n) is 8.04. The largest absolute Gasteiger partial charge is 0.328 e. The quantitative estimate of drug-likeness (QED) is 0.866. The van der Waals surface area contributed by atoms with Gasteiger partial charge in [0.15, 0.2) is 0 Å². The van der Waals surface area contributed by atoms with Crippen LogP contribution in [0.3, 0.4) is 0 Å². The van der Waals surface area contributed by atoms with Crippen molar-refractivity contribution >= 4 is 27.3 Å². The number of hydrogen-bond donors (Lipinski definition) is 2. The lowest BCUT2D eigenvalue weighted by Crippen LogP contribution is -2.36. The van der Waals surface area contributed by atoms with Crippen molar-refractivity contribution in [3.63, 3.8) is 0 Å². The molecular formula is C17H19N3O4S. The second kappa shape index (κ2) is 6.72. The van der Waals surface area contributed by atoms with Crippen molar-refractivity contribution in [1.29, 1.82) is 0 Å². The van der Waals surface area contributed by atoms with E-state index in [1.165, 1.54) is 22.6 Å². The fourth-order valence-corrected chi connectivity index (χ4v) is 4.04. The predicted octanol–water partition coefficient (Wildman–Crippen LogP) is 1.73. The van der Waals surface area contributed by atoms with Crippen LogP contribution in [-0.2, 0) is 16.4 Å². The minimum Gasteiger partial charge on any atom is -0.328 e. The Kier molecular flexibility index (Phi) is 4.63. The molecule has 0 aliphatic carbocycles. The van der Waals surface area contributed by atoms with E-state index in [9.17, 15) is 18.0 Å². The molecule has 0 saturated heterocycles. The molecule has 2 heterocycles. The number of hydrogen-bond acceptors (Lipinski definition) is 4. The molecule has 0 unspecified atom stereocenters. The number of benzene rings is 1. The standard InChI is InChI=1S/C17H19N3O4S/c1-2-25(23,24)20-9-3-4-12-10-14(6-7-15(12)20)19-17(22)13-5-8-16(21)18-11-13/h5-8,10-11H,2-4,9H2,1H3,(H,18,21)(H,19,22). The third kappa shape index (κ3) is 3.58. The summed E-state index contributed by atoms with van der Waals surface area (Å²) in [7, 11) is -3.31. The number of anilines is 2. The highest BCUT2D eigenvalue weighted by molar-refractivity contribution is 7.92. The summed E-state index contributed by atoms with van der Waals surface area (Å²) in [4.78, 5) is 25.7. The summed E-state index contributed by atoms with van der Waals surface area (Å²) < 4.78 is 25.9. The van der Waals surface area contributed by atoms with Gasteiger partial charge in [0.25, 0.3) is 5.91 Å². The number of carbonyl (C=O) groups is 1. The summed E-state index contributed by atoms with van der Waals surface area (Å²) in [5.74, 6) is -0.290. The maximum Gasteiger partial charge on any atom is 0.257 e. The van der Waals surface area contributed by atoms with Gasteiger partial charge in [-0.25, -0.2) is 8.42 Å². The molecule has 2 aromatic rings. The minimum absolute atomic E-state index is 0.0527. The number of pyridine rings is 1. The van der Waals surface area contributed by atoms with Crippen molar-refractivity contribution in [1.82, 2.24) is 4.98 Å². The Labute approximate surface area is 145 Å². The zero-order valence-electron chi connectivity index (χ0n) is 13.8. The number of amides is 1. The Morgan fingerprint density at radius 3 is 2.76 bits per heavy atom. The van der Waals surface area contributed by atoms with E-state index in [-0.39, 0.29) is 17.2 Å². The molecule has 1 aliphatic rings. The van der Waals surface area contributed by atoms with Crippen molar-refractivity contribution in [2.45, 2.75) is 19.8 Å². The number of aromatic amines is 1. The fourth-order valence-electron chi connectivity index (χ4n) is 2.84. The van der Waals surface area contributed by atoms with E-state index in [4.69, 9.17) is 0 Å². The van der Waals surface area contributed by atoms with Gasteiger partial charge in [0.1, 0.15) is 0 Å². The summed E-state index contributed by atoms with van der Waals surface area (Å²) in [6.45, 7) is 2.11. The smallest absolute Gasteiger partial charge is 0.257 e. The normalized spacial score (nSPS) is 14.0. The van der Waals surface area contributed by atoms with E-state index in [1.54, 1.807) is 25.1 Å². The zero-order valence-corrected chi connectivity index (χ0v) is 14.6. The Morgan fingerprint density at radius 2 is 2.08 bits per heavy atom. The lowest BCUT2D eigenvalue weighted by molar-refractivity contribution is 0.102. The molecule has 0 saturated carbocycles. The molecule has 1 aromatic carbocycles. The molecule has 0 fully saturated rings. The SMILES string of the molecule is CCS(=O)(=O)N1CCCc2cc(NC(=O)c3ccc(=O)[nH]c3)ccc21. The Bertz CT molecular complexity index is 946. The summed E-state index contributed by atoms with van der Waals surface area (Å²) in [6.07, 6.45) is 2.85. The monoisotopic (exact) mass is 361 g/mol. The molecule has 1 aliphatic heterocycles. The van der Waals surface area contributed by atoms with E-state index in [1.807, 2.05) is 0 Å². The zero-order chi connectivity index (χ0) is 18.0. The average Bonchev–Trinajstić information content (AvgIpc) is 2.61. The molecule has 0 atom stereocenters. The van der Waals surface area contributed by atoms with Crippen LogP contribution in [0.1, 0.15) is 29.3 Å². The van der Waals surface area contributed by atoms with Crippen molar-refractivity contribution in [3.8, 4) is 0 Å². The predicted molar refractivity (Wildman–Crippen MR) is 96.6 cm³/mol. The second-order valence-corrected chi connectivity index (χ2v) is 8.00. The van der Waals surface area contributed by atoms with Crippen LogP contribution in [0.25, 0.3) is 0 Å². The number of rotatable bonds is 4. The molecule has 2 N–H and O–H groups in total. The Hall–Kier alpha value is -2.61. The summed E-state index contributed by atoms with van der Waals surface area (Å²) >= 11 is 0. The van der Waals surface area contributed by atoms with Crippen molar-refractivity contribution < 1.29 is 13.2 Å². The number of nitrogens with one attached hydrogen (secondary N) is 2. The Morgan fingerprint density at radius 1 is 1.28 bits per heavy atom. The van der Waals surface area contributed by atoms with Crippen LogP contribution >= 0.6 is 0 Å². The average molecular weight is 361 g/mol. The van der Waals surface area contributed by atoms with Crippen LogP contribution in [0.5, 0.6) is 0 Å². The highest BCUT2D eigenvalue weighted by Gasteiger charge is 2.26. The number of aryl methyl sites for hydroxylation is 1. The number of nitrogens with zero attached hydrogens (tertiary/aromatic N) is 1. The van der Waals surface area contributed by atoms with Gasteiger partial charge in [-0.15, -0.1) is 0 Å². The van der Waals surface area contributed by atoms with Crippen molar-refractivity contribution in [2.24, 2.45) is 0 Å². The van der Waals surface area contributed by atoms with Gasteiger partial charge in [-0.1, -0.05) is 0 Å². The lowest BCUT2D eigenvalue weighted by atomic mass is 10.0. The first kappa shape index (κ1) is 17.2. The molecule has 7 nitrogen and oxygen atoms in total. The summed E-state index contributed by atoms with van der Waals surface area (Å²) in [5.41, 5.74) is 2.22. The van der Waals surface area contributed by atoms with E-state index in [0.717, 1.165) is 18.4 Å². The van der Waals surface area contributed by atoms with Crippen molar-refractivity contribution in [2.75, 3.05) is 21.9 Å². The van der Waals surface area contributed by atoms with Crippen LogP contribution in [0.15, 0.2) is 41.3 Å². The number of carbonyl (C=O) groups excluding carboxylic acids is 1.